The van der Waals surface area contributed by atoms with Gasteiger partial charge in [0.2, 0.25) is 0 Å². The van der Waals surface area contributed by atoms with Crippen molar-refractivity contribution in [3.63, 3.8) is 0 Å². The number of hydrogen-bond donors (Lipinski definition) is 1. The van der Waals surface area contributed by atoms with Crippen LogP contribution in [0.4, 0.5) is 4.39 Å². The van der Waals surface area contributed by atoms with Crippen LogP contribution in [0.3, 0.4) is 0 Å². The van der Waals surface area contributed by atoms with Crippen molar-refractivity contribution in [3.8, 4) is 0 Å². The van der Waals surface area contributed by atoms with Crippen LogP contribution >= 0.6 is 0 Å². The molecule has 0 amide bonds. The number of likely N-dealkylation sites (N-methyl/N-ethyl adjacent to an activating group) is 1. The molecule has 0 spiro atoms. The van der Waals surface area contributed by atoms with Crippen LogP contribution < -0.4 is 0 Å². The Hall–Kier alpha value is -1.46. The van der Waals surface area contributed by atoms with Crippen molar-refractivity contribution in [2.45, 2.75) is 12.5 Å². The zero-order valence-electron chi connectivity index (χ0n) is 11.1. The Bertz CT molecular complexity index is 428. The van der Waals surface area contributed by atoms with Crippen molar-refractivity contribution in [2.24, 2.45) is 0 Å². The van der Waals surface area contributed by atoms with E-state index in [0.29, 0.717) is 6.42 Å². The third-order valence-corrected chi connectivity index (χ3v) is 3.61. The molecular formula is C14H19FN2O2. The first-order chi connectivity index (χ1) is 9.06. The van der Waals surface area contributed by atoms with Crippen molar-refractivity contribution in [1.29, 1.82) is 0 Å². The highest BCUT2D eigenvalue weighted by atomic mass is 19.1. The summed E-state index contributed by atoms with van der Waals surface area (Å²) in [6, 6.07) is 5.53. The van der Waals surface area contributed by atoms with Gasteiger partial charge in [-0.3, -0.25) is 9.69 Å². The average Bonchev–Trinajstić information content (AvgIpc) is 2.39. The summed E-state index contributed by atoms with van der Waals surface area (Å²) >= 11 is 0. The lowest BCUT2D eigenvalue weighted by Gasteiger charge is -2.36. The highest BCUT2D eigenvalue weighted by Gasteiger charge is 2.28. The molecule has 1 aliphatic heterocycles. The first kappa shape index (κ1) is 14.0. The molecular weight excluding hydrogens is 247 g/mol. The van der Waals surface area contributed by atoms with Crippen LogP contribution in [0.25, 0.3) is 0 Å². The largest absolute Gasteiger partial charge is 0.480 e. The van der Waals surface area contributed by atoms with Crippen LogP contribution in [0, 0.1) is 5.82 Å². The number of benzene rings is 1. The fraction of sp³-hybridized carbons (Fsp3) is 0.500. The number of carboxylic acids is 1. The van der Waals surface area contributed by atoms with Gasteiger partial charge >= 0.3 is 5.97 Å². The predicted octanol–water partition coefficient (Wildman–Crippen LogP) is 1.07. The summed E-state index contributed by atoms with van der Waals surface area (Å²) in [5, 5.41) is 9.38. The van der Waals surface area contributed by atoms with Crippen LogP contribution in [0.2, 0.25) is 0 Å². The first-order valence-electron chi connectivity index (χ1n) is 6.46. The number of halogens is 1. The molecule has 1 aromatic rings. The van der Waals surface area contributed by atoms with Gasteiger partial charge in [-0.15, -0.1) is 0 Å². The standard InChI is InChI=1S/C14H19FN2O2/c1-16-6-8-17(9-7-16)13(14(18)19)10-11-2-4-12(15)5-3-11/h2-5,13H,6-10H2,1H3,(H,18,19). The molecule has 1 N–H and O–H groups in total. The van der Waals surface area contributed by atoms with E-state index < -0.39 is 12.0 Å². The van der Waals surface area contributed by atoms with Crippen LogP contribution in [0.5, 0.6) is 0 Å². The van der Waals surface area contributed by atoms with Gasteiger partial charge in [-0.05, 0) is 31.2 Å². The number of nitrogens with zero attached hydrogens (tertiary/aromatic N) is 2. The van der Waals surface area contributed by atoms with E-state index in [1.165, 1.54) is 12.1 Å². The molecule has 1 aliphatic rings. The van der Waals surface area contributed by atoms with Crippen LogP contribution in [-0.4, -0.2) is 60.1 Å². The molecule has 0 saturated carbocycles. The van der Waals surface area contributed by atoms with Gasteiger partial charge in [-0.1, -0.05) is 12.1 Å². The Kier molecular flexibility index (Phi) is 4.50. The van der Waals surface area contributed by atoms with E-state index in [0.717, 1.165) is 31.7 Å². The molecule has 1 unspecified atom stereocenters. The summed E-state index contributed by atoms with van der Waals surface area (Å²) in [6.45, 7) is 3.28. The monoisotopic (exact) mass is 266 g/mol. The molecule has 2 rings (SSSR count). The molecule has 1 fully saturated rings. The number of piperazine rings is 1. The normalized spacial score (nSPS) is 19.3. The zero-order chi connectivity index (χ0) is 13.8. The molecule has 0 aliphatic carbocycles. The topological polar surface area (TPSA) is 43.8 Å². The molecule has 0 radical (unpaired) electrons. The summed E-state index contributed by atoms with van der Waals surface area (Å²) in [4.78, 5) is 15.6. The van der Waals surface area contributed by atoms with E-state index in [1.807, 2.05) is 11.9 Å². The smallest absolute Gasteiger partial charge is 0.321 e. The van der Waals surface area contributed by atoms with Crippen molar-refractivity contribution >= 4 is 5.97 Å². The van der Waals surface area contributed by atoms with Gasteiger partial charge in [0.15, 0.2) is 0 Å². The van der Waals surface area contributed by atoms with E-state index in [2.05, 4.69) is 4.90 Å². The molecule has 1 heterocycles. The summed E-state index contributed by atoms with van der Waals surface area (Å²) in [5.74, 6) is -1.11. The molecule has 1 saturated heterocycles. The molecule has 0 aromatic heterocycles. The van der Waals surface area contributed by atoms with E-state index in [4.69, 9.17) is 0 Å². The van der Waals surface area contributed by atoms with E-state index in [1.54, 1.807) is 12.1 Å². The number of carboxylic acid groups (broad SMARTS) is 1. The summed E-state index contributed by atoms with van der Waals surface area (Å²) in [5.41, 5.74) is 0.854. The number of carbonyl (C=O) groups is 1. The molecule has 5 heteroatoms. The third kappa shape index (κ3) is 3.75. The van der Waals surface area contributed by atoms with E-state index in [-0.39, 0.29) is 5.82 Å². The molecule has 1 aromatic carbocycles. The van der Waals surface area contributed by atoms with Crippen LogP contribution in [0.15, 0.2) is 24.3 Å². The maximum Gasteiger partial charge on any atom is 0.321 e. The molecule has 104 valence electrons. The fourth-order valence-corrected chi connectivity index (χ4v) is 2.35. The average molecular weight is 266 g/mol. The van der Waals surface area contributed by atoms with E-state index >= 15 is 0 Å². The first-order valence-corrected chi connectivity index (χ1v) is 6.46. The van der Waals surface area contributed by atoms with Gasteiger partial charge in [0, 0.05) is 26.2 Å². The second kappa shape index (κ2) is 6.12. The van der Waals surface area contributed by atoms with Gasteiger partial charge in [0.05, 0.1) is 0 Å². The Morgan fingerprint density at radius 3 is 2.37 bits per heavy atom. The van der Waals surface area contributed by atoms with Gasteiger partial charge in [0.25, 0.3) is 0 Å². The molecule has 19 heavy (non-hydrogen) atoms. The molecule has 4 nitrogen and oxygen atoms in total. The van der Waals surface area contributed by atoms with Crippen molar-refractivity contribution in [3.05, 3.63) is 35.6 Å². The number of aliphatic carboxylic acids is 1. The maximum atomic E-state index is 12.8. The second-order valence-corrected chi connectivity index (χ2v) is 5.02. The van der Waals surface area contributed by atoms with Crippen molar-refractivity contribution in [1.82, 2.24) is 9.80 Å². The van der Waals surface area contributed by atoms with Gasteiger partial charge in [-0.2, -0.15) is 0 Å². The van der Waals surface area contributed by atoms with Gasteiger partial charge in [-0.25, -0.2) is 4.39 Å². The maximum absolute atomic E-state index is 12.8. The lowest BCUT2D eigenvalue weighted by molar-refractivity contribution is -0.144. The Labute approximate surface area is 112 Å². The van der Waals surface area contributed by atoms with Crippen LogP contribution in [0.1, 0.15) is 5.56 Å². The van der Waals surface area contributed by atoms with Crippen LogP contribution in [-0.2, 0) is 11.2 Å². The van der Waals surface area contributed by atoms with Crippen molar-refractivity contribution < 1.29 is 14.3 Å². The second-order valence-electron chi connectivity index (χ2n) is 5.02. The minimum atomic E-state index is -0.811. The third-order valence-electron chi connectivity index (χ3n) is 3.61. The van der Waals surface area contributed by atoms with Gasteiger partial charge < -0.3 is 10.0 Å². The lowest BCUT2D eigenvalue weighted by atomic mass is 10.0. The Morgan fingerprint density at radius 2 is 1.84 bits per heavy atom. The minimum absolute atomic E-state index is 0.296. The van der Waals surface area contributed by atoms with Crippen molar-refractivity contribution in [2.75, 3.05) is 33.2 Å². The van der Waals surface area contributed by atoms with Gasteiger partial charge in [0.1, 0.15) is 11.9 Å². The molecule has 0 bridgehead atoms. The van der Waals surface area contributed by atoms with E-state index in [9.17, 15) is 14.3 Å². The summed E-state index contributed by atoms with van der Waals surface area (Å²) in [7, 11) is 2.03. The number of hydrogen-bond acceptors (Lipinski definition) is 3. The minimum Gasteiger partial charge on any atom is -0.480 e. The highest BCUT2D eigenvalue weighted by Crippen LogP contribution is 2.13. The fourth-order valence-electron chi connectivity index (χ4n) is 2.35. The summed E-state index contributed by atoms with van der Waals surface area (Å²) in [6.07, 6.45) is 0.416. The zero-order valence-corrected chi connectivity index (χ0v) is 11.1. The predicted molar refractivity (Wildman–Crippen MR) is 70.6 cm³/mol. The summed E-state index contributed by atoms with van der Waals surface area (Å²) < 4.78 is 12.8. The number of rotatable bonds is 4. The quantitative estimate of drug-likeness (QED) is 0.885. The Balaban J connectivity index is 2.04. The lowest BCUT2D eigenvalue weighted by Crippen LogP contribution is -2.52. The molecule has 1 atom stereocenters. The SMILES string of the molecule is CN1CCN(C(Cc2ccc(F)cc2)C(=O)O)CC1. The Morgan fingerprint density at radius 1 is 1.26 bits per heavy atom. The highest BCUT2D eigenvalue weighted by molar-refractivity contribution is 5.74.